The fourth-order valence-corrected chi connectivity index (χ4v) is 1.91. The van der Waals surface area contributed by atoms with Crippen LogP contribution in [0.5, 0.6) is 0 Å². The van der Waals surface area contributed by atoms with E-state index in [1.165, 1.54) is 24.7 Å². The van der Waals surface area contributed by atoms with E-state index in [-0.39, 0.29) is 18.3 Å². The van der Waals surface area contributed by atoms with Crippen molar-refractivity contribution in [1.82, 2.24) is 5.32 Å². The topological polar surface area (TPSA) is 55.4 Å². The standard InChI is InChI=1S/C16H12FNO3/c17-13-3-1-11(2-4-13)15-6-5-14(21-15)9-18-16(19)12-7-8-20-10-12/h1-8,10H,9H2,(H,18,19). The van der Waals surface area contributed by atoms with Crippen molar-refractivity contribution in [3.63, 3.8) is 0 Å². The van der Waals surface area contributed by atoms with Gasteiger partial charge in [0.25, 0.3) is 5.91 Å². The Morgan fingerprint density at radius 3 is 2.62 bits per heavy atom. The molecule has 3 aromatic rings. The van der Waals surface area contributed by atoms with Crippen LogP contribution >= 0.6 is 0 Å². The first kappa shape index (κ1) is 13.2. The minimum absolute atomic E-state index is 0.233. The molecule has 3 rings (SSSR count). The molecule has 0 spiro atoms. The van der Waals surface area contributed by atoms with Crippen molar-refractivity contribution in [3.8, 4) is 11.3 Å². The van der Waals surface area contributed by atoms with Crippen LogP contribution in [-0.2, 0) is 6.54 Å². The van der Waals surface area contributed by atoms with Crippen molar-refractivity contribution < 1.29 is 18.0 Å². The Kier molecular flexibility index (Phi) is 3.55. The van der Waals surface area contributed by atoms with Gasteiger partial charge in [0, 0.05) is 5.56 Å². The zero-order chi connectivity index (χ0) is 14.7. The normalized spacial score (nSPS) is 10.5. The van der Waals surface area contributed by atoms with E-state index < -0.39 is 0 Å². The van der Waals surface area contributed by atoms with E-state index >= 15 is 0 Å². The first-order valence-corrected chi connectivity index (χ1v) is 6.37. The largest absolute Gasteiger partial charge is 0.472 e. The number of rotatable bonds is 4. The molecule has 4 nitrogen and oxygen atoms in total. The maximum atomic E-state index is 12.9. The quantitative estimate of drug-likeness (QED) is 0.796. The van der Waals surface area contributed by atoms with Gasteiger partial charge < -0.3 is 14.2 Å². The zero-order valence-electron chi connectivity index (χ0n) is 11.0. The highest BCUT2D eigenvalue weighted by Gasteiger charge is 2.09. The van der Waals surface area contributed by atoms with Crippen molar-refractivity contribution >= 4 is 5.91 Å². The summed E-state index contributed by atoms with van der Waals surface area (Å²) in [7, 11) is 0. The molecule has 0 aliphatic heterocycles. The van der Waals surface area contributed by atoms with Crippen molar-refractivity contribution in [2.45, 2.75) is 6.54 Å². The van der Waals surface area contributed by atoms with Crippen molar-refractivity contribution in [3.05, 3.63) is 72.1 Å². The third-order valence-electron chi connectivity index (χ3n) is 3.00. The van der Waals surface area contributed by atoms with Gasteiger partial charge in [-0.05, 0) is 42.5 Å². The van der Waals surface area contributed by atoms with Gasteiger partial charge in [-0.15, -0.1) is 0 Å². The Hall–Kier alpha value is -2.82. The minimum Gasteiger partial charge on any atom is -0.472 e. The number of halogens is 1. The Labute approximate surface area is 120 Å². The molecule has 21 heavy (non-hydrogen) atoms. The number of furan rings is 2. The highest BCUT2D eigenvalue weighted by molar-refractivity contribution is 5.93. The van der Waals surface area contributed by atoms with Crippen LogP contribution in [-0.4, -0.2) is 5.91 Å². The van der Waals surface area contributed by atoms with Crippen LogP contribution in [0.15, 0.2) is 63.8 Å². The third-order valence-corrected chi connectivity index (χ3v) is 3.00. The highest BCUT2D eigenvalue weighted by atomic mass is 19.1. The van der Waals surface area contributed by atoms with Crippen LogP contribution in [0.2, 0.25) is 0 Å². The molecule has 0 atom stereocenters. The Morgan fingerprint density at radius 2 is 1.90 bits per heavy atom. The van der Waals surface area contributed by atoms with Crippen molar-refractivity contribution in [1.29, 1.82) is 0 Å². The number of carbonyl (C=O) groups excluding carboxylic acids is 1. The molecule has 106 valence electrons. The summed E-state index contributed by atoms with van der Waals surface area (Å²) < 4.78 is 23.3. The fraction of sp³-hybridized carbons (Fsp3) is 0.0625. The van der Waals surface area contributed by atoms with Crippen LogP contribution in [0.3, 0.4) is 0 Å². The second-order valence-electron chi connectivity index (χ2n) is 4.47. The summed E-state index contributed by atoms with van der Waals surface area (Å²) in [4.78, 5) is 11.7. The maximum absolute atomic E-state index is 12.9. The Morgan fingerprint density at radius 1 is 1.10 bits per heavy atom. The molecule has 0 unspecified atom stereocenters. The van der Waals surface area contributed by atoms with Crippen LogP contribution in [0, 0.1) is 5.82 Å². The van der Waals surface area contributed by atoms with Gasteiger partial charge >= 0.3 is 0 Å². The van der Waals surface area contributed by atoms with Crippen LogP contribution < -0.4 is 5.32 Å². The van der Waals surface area contributed by atoms with Crippen LogP contribution in [0.1, 0.15) is 16.1 Å². The third kappa shape index (κ3) is 3.02. The lowest BCUT2D eigenvalue weighted by molar-refractivity contribution is 0.0947. The number of hydrogen-bond donors (Lipinski definition) is 1. The van der Waals surface area contributed by atoms with Crippen LogP contribution in [0.25, 0.3) is 11.3 Å². The predicted molar refractivity (Wildman–Crippen MR) is 74.0 cm³/mol. The lowest BCUT2D eigenvalue weighted by Crippen LogP contribution is -2.21. The molecule has 0 aliphatic carbocycles. The van der Waals surface area contributed by atoms with Gasteiger partial charge in [0.1, 0.15) is 23.6 Å². The number of nitrogens with one attached hydrogen (secondary N) is 1. The summed E-state index contributed by atoms with van der Waals surface area (Å²) in [6.07, 6.45) is 2.82. The second-order valence-corrected chi connectivity index (χ2v) is 4.47. The van der Waals surface area contributed by atoms with E-state index in [9.17, 15) is 9.18 Å². The summed E-state index contributed by atoms with van der Waals surface area (Å²) in [5, 5.41) is 2.72. The van der Waals surface area contributed by atoms with Crippen molar-refractivity contribution in [2.75, 3.05) is 0 Å². The summed E-state index contributed by atoms with van der Waals surface area (Å²) in [6.45, 7) is 0.269. The maximum Gasteiger partial charge on any atom is 0.254 e. The molecule has 2 heterocycles. The number of hydrogen-bond acceptors (Lipinski definition) is 3. The van der Waals surface area contributed by atoms with Gasteiger partial charge in [0.15, 0.2) is 0 Å². The molecule has 0 aliphatic rings. The predicted octanol–water partition coefficient (Wildman–Crippen LogP) is 3.61. The average Bonchev–Trinajstić information content (AvgIpc) is 3.17. The fourth-order valence-electron chi connectivity index (χ4n) is 1.91. The zero-order valence-corrected chi connectivity index (χ0v) is 11.0. The SMILES string of the molecule is O=C(NCc1ccc(-c2ccc(F)cc2)o1)c1ccoc1. The van der Waals surface area contributed by atoms with E-state index in [0.29, 0.717) is 17.1 Å². The van der Waals surface area contributed by atoms with Gasteiger partial charge in [-0.3, -0.25) is 4.79 Å². The van der Waals surface area contributed by atoms with Gasteiger partial charge in [-0.2, -0.15) is 0 Å². The second kappa shape index (κ2) is 5.66. The number of amides is 1. The molecule has 0 saturated carbocycles. The number of carbonyl (C=O) groups is 1. The monoisotopic (exact) mass is 285 g/mol. The molecule has 5 heteroatoms. The lowest BCUT2D eigenvalue weighted by Gasteiger charge is -2.01. The van der Waals surface area contributed by atoms with Gasteiger partial charge in [-0.1, -0.05) is 0 Å². The summed E-state index contributed by atoms with van der Waals surface area (Å²) in [6, 6.07) is 11.2. The van der Waals surface area contributed by atoms with E-state index in [0.717, 1.165) is 5.56 Å². The molecule has 0 radical (unpaired) electrons. The molecule has 0 saturated heterocycles. The lowest BCUT2D eigenvalue weighted by atomic mass is 10.2. The first-order valence-electron chi connectivity index (χ1n) is 6.37. The summed E-state index contributed by atoms with van der Waals surface area (Å²) in [5.74, 6) is 0.718. The van der Waals surface area contributed by atoms with Crippen molar-refractivity contribution in [2.24, 2.45) is 0 Å². The first-order chi connectivity index (χ1) is 10.2. The van der Waals surface area contributed by atoms with Gasteiger partial charge in [0.05, 0.1) is 18.4 Å². The Balaban J connectivity index is 1.65. The average molecular weight is 285 g/mol. The molecule has 1 amide bonds. The molecular weight excluding hydrogens is 273 g/mol. The summed E-state index contributed by atoms with van der Waals surface area (Å²) >= 11 is 0. The molecule has 0 bridgehead atoms. The van der Waals surface area contributed by atoms with E-state index in [1.54, 1.807) is 30.3 Å². The molecular formula is C16H12FNO3. The Bertz CT molecular complexity index is 729. The van der Waals surface area contributed by atoms with Crippen LogP contribution in [0.4, 0.5) is 4.39 Å². The minimum atomic E-state index is -0.294. The smallest absolute Gasteiger partial charge is 0.254 e. The van der Waals surface area contributed by atoms with Gasteiger partial charge in [0.2, 0.25) is 0 Å². The van der Waals surface area contributed by atoms with E-state index in [1.807, 2.05) is 0 Å². The highest BCUT2D eigenvalue weighted by Crippen LogP contribution is 2.22. The molecule has 0 fully saturated rings. The van der Waals surface area contributed by atoms with E-state index in [2.05, 4.69) is 5.32 Å². The van der Waals surface area contributed by atoms with E-state index in [4.69, 9.17) is 8.83 Å². The van der Waals surface area contributed by atoms with Gasteiger partial charge in [-0.25, -0.2) is 4.39 Å². The molecule has 1 N–H and O–H groups in total. The summed E-state index contributed by atoms with van der Waals surface area (Å²) in [5.41, 5.74) is 1.24. The number of benzene rings is 1. The molecule has 1 aromatic carbocycles. The molecule has 2 aromatic heterocycles.